The third-order valence-electron chi connectivity index (χ3n) is 2.23. The normalized spacial score (nSPS) is 11.0. The van der Waals surface area contributed by atoms with Crippen molar-refractivity contribution in [3.8, 4) is 0 Å². The first-order chi connectivity index (χ1) is 6.86. The number of rotatable bonds is 7. The quantitative estimate of drug-likeness (QED) is 0.545. The highest BCUT2D eigenvalue weighted by molar-refractivity contribution is 6.01. The molecule has 6 nitrogen and oxygen atoms in total. The minimum Gasteiger partial charge on any atom is -0.481 e. The molecule has 0 saturated carbocycles. The van der Waals surface area contributed by atoms with E-state index in [-0.39, 0.29) is 6.42 Å². The molecule has 0 bridgehead atoms. The smallest absolute Gasteiger partial charge is 0.321 e. The summed E-state index contributed by atoms with van der Waals surface area (Å²) in [5.74, 6) is -4.60. The predicted octanol–water partition coefficient (Wildman–Crippen LogP) is 0.807. The van der Waals surface area contributed by atoms with Crippen LogP contribution in [0.1, 0.15) is 32.6 Å². The molecule has 0 unspecified atom stereocenters. The molecule has 0 aromatic rings. The highest BCUT2D eigenvalue weighted by Crippen LogP contribution is 2.30. The van der Waals surface area contributed by atoms with Gasteiger partial charge in [-0.2, -0.15) is 0 Å². The van der Waals surface area contributed by atoms with Crippen LogP contribution in [0.15, 0.2) is 0 Å². The third kappa shape index (κ3) is 3.23. The minimum atomic E-state index is -2.19. The van der Waals surface area contributed by atoms with E-state index < -0.39 is 29.7 Å². The monoisotopic (exact) mass is 218 g/mol. The van der Waals surface area contributed by atoms with Crippen LogP contribution in [0.2, 0.25) is 0 Å². The molecule has 0 rings (SSSR count). The van der Waals surface area contributed by atoms with Crippen molar-refractivity contribution in [3.63, 3.8) is 0 Å². The fourth-order valence-corrected chi connectivity index (χ4v) is 1.28. The lowest BCUT2D eigenvalue weighted by atomic mass is 9.80. The summed E-state index contributed by atoms with van der Waals surface area (Å²) >= 11 is 0. The van der Waals surface area contributed by atoms with Crippen molar-refractivity contribution in [3.05, 3.63) is 0 Å². The molecular weight excluding hydrogens is 204 g/mol. The van der Waals surface area contributed by atoms with Gasteiger partial charge in [0.15, 0.2) is 5.41 Å². The summed E-state index contributed by atoms with van der Waals surface area (Å²) in [6, 6.07) is 0. The molecule has 3 N–H and O–H groups in total. The molecule has 6 heteroatoms. The Morgan fingerprint density at radius 3 is 1.80 bits per heavy atom. The largest absolute Gasteiger partial charge is 0.481 e. The van der Waals surface area contributed by atoms with Gasteiger partial charge in [-0.05, 0) is 6.42 Å². The zero-order valence-electron chi connectivity index (χ0n) is 8.39. The van der Waals surface area contributed by atoms with Crippen LogP contribution in [-0.4, -0.2) is 33.2 Å². The predicted molar refractivity (Wildman–Crippen MR) is 49.5 cm³/mol. The Morgan fingerprint density at radius 1 is 1.07 bits per heavy atom. The Hall–Kier alpha value is -1.59. The van der Waals surface area contributed by atoms with Gasteiger partial charge in [0.1, 0.15) is 0 Å². The number of aliphatic carboxylic acids is 3. The zero-order valence-corrected chi connectivity index (χ0v) is 8.39. The van der Waals surface area contributed by atoms with Crippen molar-refractivity contribution in [2.45, 2.75) is 32.6 Å². The minimum absolute atomic E-state index is 0.166. The van der Waals surface area contributed by atoms with Gasteiger partial charge in [-0.1, -0.05) is 19.8 Å². The van der Waals surface area contributed by atoms with Crippen molar-refractivity contribution in [2.24, 2.45) is 5.41 Å². The molecule has 0 aliphatic carbocycles. The maximum Gasteiger partial charge on any atom is 0.321 e. The Labute approximate surface area is 86.5 Å². The van der Waals surface area contributed by atoms with Gasteiger partial charge < -0.3 is 15.3 Å². The highest BCUT2D eigenvalue weighted by Gasteiger charge is 2.47. The standard InChI is InChI=1S/C9H14O6/c1-2-3-4-9(7(12)13,8(14)15)5-6(10)11/h2-5H2,1H3,(H,10,11)(H,12,13)(H,14,15). The maximum absolute atomic E-state index is 10.9. The van der Waals surface area contributed by atoms with Crippen molar-refractivity contribution >= 4 is 17.9 Å². The fraction of sp³-hybridized carbons (Fsp3) is 0.667. The van der Waals surface area contributed by atoms with Crippen molar-refractivity contribution in [2.75, 3.05) is 0 Å². The molecule has 0 aromatic heterocycles. The number of carbonyl (C=O) groups is 3. The lowest BCUT2D eigenvalue weighted by Gasteiger charge is -2.22. The molecule has 86 valence electrons. The molecule has 0 spiro atoms. The molecule has 0 fully saturated rings. The second kappa shape index (κ2) is 5.33. The van der Waals surface area contributed by atoms with Gasteiger partial charge in [-0.25, -0.2) is 0 Å². The van der Waals surface area contributed by atoms with Gasteiger partial charge >= 0.3 is 17.9 Å². The van der Waals surface area contributed by atoms with E-state index in [4.69, 9.17) is 15.3 Å². The first-order valence-corrected chi connectivity index (χ1v) is 4.55. The third-order valence-corrected chi connectivity index (χ3v) is 2.23. The van der Waals surface area contributed by atoms with E-state index in [1.54, 1.807) is 6.92 Å². The molecule has 0 amide bonds. The summed E-state index contributed by atoms with van der Waals surface area (Å²) in [6.07, 6.45) is -0.0774. The molecule has 15 heavy (non-hydrogen) atoms. The fourth-order valence-electron chi connectivity index (χ4n) is 1.28. The molecule has 0 aliphatic rings. The Kier molecular flexibility index (Phi) is 4.77. The first kappa shape index (κ1) is 13.4. The second-order valence-electron chi connectivity index (χ2n) is 3.37. The van der Waals surface area contributed by atoms with Crippen LogP contribution in [0.5, 0.6) is 0 Å². The van der Waals surface area contributed by atoms with E-state index in [2.05, 4.69) is 0 Å². The van der Waals surface area contributed by atoms with Crippen LogP contribution in [-0.2, 0) is 14.4 Å². The average Bonchev–Trinajstić information content (AvgIpc) is 2.10. The van der Waals surface area contributed by atoms with Crippen LogP contribution < -0.4 is 0 Å². The zero-order chi connectivity index (χ0) is 12.1. The van der Waals surface area contributed by atoms with Gasteiger partial charge in [0, 0.05) is 0 Å². The Bertz CT molecular complexity index is 256. The van der Waals surface area contributed by atoms with E-state index in [9.17, 15) is 14.4 Å². The van der Waals surface area contributed by atoms with Gasteiger partial charge in [-0.15, -0.1) is 0 Å². The number of hydrogen-bond donors (Lipinski definition) is 3. The summed E-state index contributed by atoms with van der Waals surface area (Å²) in [5.41, 5.74) is -2.19. The van der Waals surface area contributed by atoms with Gasteiger partial charge in [0.25, 0.3) is 0 Å². The van der Waals surface area contributed by atoms with Crippen LogP contribution in [0, 0.1) is 5.41 Å². The number of carboxylic acids is 3. The van der Waals surface area contributed by atoms with Crippen molar-refractivity contribution < 1.29 is 29.7 Å². The summed E-state index contributed by atoms with van der Waals surface area (Å²) in [6.45, 7) is 1.77. The van der Waals surface area contributed by atoms with Crippen LogP contribution in [0.4, 0.5) is 0 Å². The Balaban J connectivity index is 4.98. The highest BCUT2D eigenvalue weighted by atomic mass is 16.4. The summed E-state index contributed by atoms with van der Waals surface area (Å²) in [4.78, 5) is 32.2. The Morgan fingerprint density at radius 2 is 1.53 bits per heavy atom. The molecular formula is C9H14O6. The SMILES string of the molecule is CCCCC(CC(=O)O)(C(=O)O)C(=O)O. The van der Waals surface area contributed by atoms with Gasteiger partial charge in [0.05, 0.1) is 6.42 Å². The van der Waals surface area contributed by atoms with Gasteiger partial charge in [-0.3, -0.25) is 14.4 Å². The molecule has 0 aliphatic heterocycles. The van der Waals surface area contributed by atoms with E-state index in [1.807, 2.05) is 0 Å². The van der Waals surface area contributed by atoms with E-state index in [1.165, 1.54) is 0 Å². The maximum atomic E-state index is 10.9. The van der Waals surface area contributed by atoms with E-state index in [0.29, 0.717) is 12.8 Å². The summed E-state index contributed by atoms with van der Waals surface area (Å²) in [7, 11) is 0. The summed E-state index contributed by atoms with van der Waals surface area (Å²) < 4.78 is 0. The second-order valence-corrected chi connectivity index (χ2v) is 3.37. The molecule has 0 heterocycles. The number of unbranched alkanes of at least 4 members (excludes halogenated alkanes) is 1. The molecule has 0 saturated heterocycles. The molecule has 0 radical (unpaired) electrons. The lowest BCUT2D eigenvalue weighted by Crippen LogP contribution is -2.41. The first-order valence-electron chi connectivity index (χ1n) is 4.55. The topological polar surface area (TPSA) is 112 Å². The lowest BCUT2D eigenvalue weighted by molar-refractivity contribution is -0.170. The van der Waals surface area contributed by atoms with Crippen LogP contribution >= 0.6 is 0 Å². The van der Waals surface area contributed by atoms with Crippen molar-refractivity contribution in [1.29, 1.82) is 0 Å². The number of hydrogen-bond acceptors (Lipinski definition) is 3. The van der Waals surface area contributed by atoms with Crippen LogP contribution in [0.3, 0.4) is 0 Å². The van der Waals surface area contributed by atoms with E-state index in [0.717, 1.165) is 0 Å². The molecule has 0 atom stereocenters. The van der Waals surface area contributed by atoms with Crippen molar-refractivity contribution in [1.82, 2.24) is 0 Å². The van der Waals surface area contributed by atoms with Gasteiger partial charge in [0.2, 0.25) is 0 Å². The average molecular weight is 218 g/mol. The van der Waals surface area contributed by atoms with E-state index >= 15 is 0 Å². The molecule has 0 aromatic carbocycles. The number of carboxylic acid groups (broad SMARTS) is 3. The summed E-state index contributed by atoms with van der Waals surface area (Å²) in [5, 5.41) is 26.2. The van der Waals surface area contributed by atoms with Crippen LogP contribution in [0.25, 0.3) is 0 Å².